The second-order valence-corrected chi connectivity index (χ2v) is 7.70. The minimum Gasteiger partial charge on any atom is -0.334 e. The molecule has 0 saturated heterocycles. The van der Waals surface area contributed by atoms with Crippen LogP contribution in [0.25, 0.3) is 17.1 Å². The molecular formula is C21H20ClN5O2S. The molecule has 0 unspecified atom stereocenters. The van der Waals surface area contributed by atoms with E-state index in [4.69, 9.17) is 11.6 Å². The standard InChI is InChI=1S/C21H20ClN5O2S/c1-3-12-23-20(29)24-18(28)13-30-21-26-25-19(15-6-8-16(22)9-7-15)27(21)17-10-4-14(2)5-11-17/h3-11H,1,12-13H2,2H3,(H2,23,24,28,29). The Labute approximate surface area is 183 Å². The largest absolute Gasteiger partial charge is 0.334 e. The second-order valence-electron chi connectivity index (χ2n) is 6.32. The number of hydrogen-bond donors (Lipinski definition) is 2. The van der Waals surface area contributed by atoms with Gasteiger partial charge in [0.15, 0.2) is 11.0 Å². The summed E-state index contributed by atoms with van der Waals surface area (Å²) in [6, 6.07) is 14.6. The molecule has 9 heteroatoms. The molecule has 1 heterocycles. The lowest BCUT2D eigenvalue weighted by molar-refractivity contribution is -0.117. The van der Waals surface area contributed by atoms with Crippen molar-refractivity contribution in [3.63, 3.8) is 0 Å². The van der Waals surface area contributed by atoms with Crippen molar-refractivity contribution in [2.24, 2.45) is 0 Å². The van der Waals surface area contributed by atoms with Gasteiger partial charge in [-0.05, 0) is 43.3 Å². The number of benzene rings is 2. The van der Waals surface area contributed by atoms with Crippen LogP contribution in [0.4, 0.5) is 4.79 Å². The summed E-state index contributed by atoms with van der Waals surface area (Å²) in [7, 11) is 0. The fourth-order valence-electron chi connectivity index (χ4n) is 2.58. The quantitative estimate of drug-likeness (QED) is 0.427. The summed E-state index contributed by atoms with van der Waals surface area (Å²) in [5, 5.41) is 14.5. The third-order valence-corrected chi connectivity index (χ3v) is 5.20. The number of carbonyl (C=O) groups is 2. The third kappa shape index (κ3) is 5.49. The van der Waals surface area contributed by atoms with E-state index in [2.05, 4.69) is 27.4 Å². The summed E-state index contributed by atoms with van der Waals surface area (Å²) in [5.41, 5.74) is 2.83. The highest BCUT2D eigenvalue weighted by molar-refractivity contribution is 7.99. The Hall–Kier alpha value is -3.10. The molecule has 0 bridgehead atoms. The van der Waals surface area contributed by atoms with E-state index < -0.39 is 11.9 Å². The molecule has 30 heavy (non-hydrogen) atoms. The number of halogens is 1. The highest BCUT2D eigenvalue weighted by Gasteiger charge is 2.18. The Kier molecular flexibility index (Phi) is 7.26. The number of nitrogens with zero attached hydrogens (tertiary/aromatic N) is 3. The van der Waals surface area contributed by atoms with Crippen molar-refractivity contribution in [2.45, 2.75) is 12.1 Å². The van der Waals surface area contributed by atoms with Gasteiger partial charge >= 0.3 is 6.03 Å². The average Bonchev–Trinajstić information content (AvgIpc) is 3.16. The molecule has 0 aliphatic carbocycles. The van der Waals surface area contributed by atoms with Crippen molar-refractivity contribution >= 4 is 35.3 Å². The van der Waals surface area contributed by atoms with Crippen LogP contribution in [0.3, 0.4) is 0 Å². The molecule has 0 radical (unpaired) electrons. The van der Waals surface area contributed by atoms with E-state index in [9.17, 15) is 9.59 Å². The molecule has 154 valence electrons. The van der Waals surface area contributed by atoms with Crippen molar-refractivity contribution in [1.29, 1.82) is 0 Å². The van der Waals surface area contributed by atoms with E-state index in [0.29, 0.717) is 16.0 Å². The van der Waals surface area contributed by atoms with E-state index in [1.54, 1.807) is 12.1 Å². The maximum Gasteiger partial charge on any atom is 0.321 e. The molecule has 3 amide bonds. The molecule has 3 rings (SSSR count). The minimum atomic E-state index is -0.567. The van der Waals surface area contributed by atoms with Crippen LogP contribution in [0.5, 0.6) is 0 Å². The van der Waals surface area contributed by atoms with Crippen molar-refractivity contribution < 1.29 is 9.59 Å². The minimum absolute atomic E-state index is 0.00607. The lowest BCUT2D eigenvalue weighted by Crippen LogP contribution is -2.40. The van der Waals surface area contributed by atoms with E-state index >= 15 is 0 Å². The maximum absolute atomic E-state index is 12.1. The molecule has 0 aliphatic rings. The van der Waals surface area contributed by atoms with Gasteiger partial charge in [0.05, 0.1) is 5.75 Å². The third-order valence-electron chi connectivity index (χ3n) is 4.02. The zero-order valence-electron chi connectivity index (χ0n) is 16.3. The van der Waals surface area contributed by atoms with Crippen LogP contribution in [0.15, 0.2) is 66.3 Å². The van der Waals surface area contributed by atoms with Gasteiger partial charge in [-0.3, -0.25) is 14.7 Å². The van der Waals surface area contributed by atoms with Crippen LogP contribution >= 0.6 is 23.4 Å². The Bertz CT molecular complexity index is 1050. The van der Waals surface area contributed by atoms with Crippen molar-refractivity contribution in [3.05, 3.63) is 71.8 Å². The fraction of sp³-hybridized carbons (Fsp3) is 0.143. The topological polar surface area (TPSA) is 88.9 Å². The van der Waals surface area contributed by atoms with E-state index in [1.165, 1.54) is 17.8 Å². The number of imide groups is 1. The summed E-state index contributed by atoms with van der Waals surface area (Å²) in [6.45, 7) is 5.79. The van der Waals surface area contributed by atoms with Crippen LogP contribution in [-0.4, -0.2) is 39.0 Å². The number of urea groups is 1. The van der Waals surface area contributed by atoms with E-state index in [0.717, 1.165) is 16.8 Å². The predicted octanol–water partition coefficient (Wildman–Crippen LogP) is 4.00. The second kappa shape index (κ2) is 10.1. The van der Waals surface area contributed by atoms with E-state index in [-0.39, 0.29) is 12.3 Å². The van der Waals surface area contributed by atoms with Crippen LogP contribution in [0.1, 0.15) is 5.56 Å². The van der Waals surface area contributed by atoms with Crippen molar-refractivity contribution in [3.8, 4) is 17.1 Å². The first kappa shape index (κ1) is 21.6. The number of aryl methyl sites for hydroxylation is 1. The number of rotatable bonds is 7. The molecule has 3 aromatic rings. The summed E-state index contributed by atoms with van der Waals surface area (Å²) in [4.78, 5) is 23.7. The number of nitrogens with one attached hydrogen (secondary N) is 2. The van der Waals surface area contributed by atoms with Gasteiger partial charge in [-0.25, -0.2) is 4.79 Å². The van der Waals surface area contributed by atoms with Crippen LogP contribution < -0.4 is 10.6 Å². The smallest absolute Gasteiger partial charge is 0.321 e. The van der Waals surface area contributed by atoms with Crippen LogP contribution in [0.2, 0.25) is 5.02 Å². The Morgan fingerprint density at radius 3 is 2.50 bits per heavy atom. The van der Waals surface area contributed by atoms with Gasteiger partial charge in [-0.1, -0.05) is 47.1 Å². The molecule has 0 saturated carbocycles. The SMILES string of the molecule is C=CCNC(=O)NC(=O)CSc1nnc(-c2ccc(Cl)cc2)n1-c1ccc(C)cc1. The Morgan fingerprint density at radius 1 is 1.13 bits per heavy atom. The monoisotopic (exact) mass is 441 g/mol. The first-order chi connectivity index (χ1) is 14.5. The normalized spacial score (nSPS) is 10.5. The lowest BCUT2D eigenvalue weighted by atomic mass is 10.2. The molecule has 0 atom stereocenters. The van der Waals surface area contributed by atoms with Gasteiger partial charge < -0.3 is 5.32 Å². The molecule has 2 N–H and O–H groups in total. The zero-order valence-corrected chi connectivity index (χ0v) is 17.8. The molecule has 0 spiro atoms. The molecule has 7 nitrogen and oxygen atoms in total. The lowest BCUT2D eigenvalue weighted by Gasteiger charge is -2.11. The average molecular weight is 442 g/mol. The highest BCUT2D eigenvalue weighted by Crippen LogP contribution is 2.28. The van der Waals surface area contributed by atoms with Crippen LogP contribution in [0, 0.1) is 6.92 Å². The van der Waals surface area contributed by atoms with Crippen LogP contribution in [-0.2, 0) is 4.79 Å². The molecule has 0 fully saturated rings. The fourth-order valence-corrected chi connectivity index (χ4v) is 3.46. The van der Waals surface area contributed by atoms with E-state index in [1.807, 2.05) is 47.9 Å². The first-order valence-corrected chi connectivity index (χ1v) is 10.4. The van der Waals surface area contributed by atoms with Gasteiger partial charge in [-0.2, -0.15) is 0 Å². The summed E-state index contributed by atoms with van der Waals surface area (Å²) < 4.78 is 1.87. The highest BCUT2D eigenvalue weighted by atomic mass is 35.5. The summed E-state index contributed by atoms with van der Waals surface area (Å²) >= 11 is 7.20. The number of amides is 3. The van der Waals surface area contributed by atoms with Gasteiger partial charge in [0, 0.05) is 22.8 Å². The Morgan fingerprint density at radius 2 is 1.83 bits per heavy atom. The predicted molar refractivity (Wildman–Crippen MR) is 119 cm³/mol. The molecular weight excluding hydrogens is 422 g/mol. The summed E-state index contributed by atoms with van der Waals surface area (Å²) in [5.74, 6) is 0.196. The number of thioether (sulfide) groups is 1. The summed E-state index contributed by atoms with van der Waals surface area (Å²) in [6.07, 6.45) is 1.53. The van der Waals surface area contributed by atoms with Crippen molar-refractivity contribution in [1.82, 2.24) is 25.4 Å². The molecule has 0 aliphatic heterocycles. The zero-order chi connectivity index (χ0) is 21.5. The first-order valence-electron chi connectivity index (χ1n) is 9.07. The molecule has 2 aromatic carbocycles. The number of carbonyl (C=O) groups excluding carboxylic acids is 2. The van der Waals surface area contributed by atoms with Gasteiger partial charge in [-0.15, -0.1) is 16.8 Å². The number of aromatic nitrogens is 3. The maximum atomic E-state index is 12.1. The number of hydrogen-bond acceptors (Lipinski definition) is 5. The Balaban J connectivity index is 1.84. The van der Waals surface area contributed by atoms with Gasteiger partial charge in [0.25, 0.3) is 0 Å². The van der Waals surface area contributed by atoms with Gasteiger partial charge in [0.1, 0.15) is 0 Å². The molecule has 1 aromatic heterocycles. The van der Waals surface area contributed by atoms with Gasteiger partial charge in [0.2, 0.25) is 5.91 Å². The van der Waals surface area contributed by atoms with Crippen molar-refractivity contribution in [2.75, 3.05) is 12.3 Å².